The minimum absolute atomic E-state index is 0.0386. The van der Waals surface area contributed by atoms with Crippen molar-refractivity contribution in [1.82, 2.24) is 15.0 Å². The number of fused-ring (bicyclic) bond motifs is 2. The number of benzene rings is 1. The van der Waals surface area contributed by atoms with E-state index in [4.69, 9.17) is 4.74 Å². The molecular weight excluding hydrogens is 396 g/mol. The van der Waals surface area contributed by atoms with Gasteiger partial charge in [-0.25, -0.2) is 9.97 Å². The molecule has 6 nitrogen and oxygen atoms in total. The second-order valence-electron chi connectivity index (χ2n) is 8.50. The molecule has 3 aromatic rings. The molecule has 2 aliphatic rings. The number of aliphatic hydroxyl groups is 1. The summed E-state index contributed by atoms with van der Waals surface area (Å²) in [5.74, 6) is 0.681. The van der Waals surface area contributed by atoms with Crippen LogP contribution < -0.4 is 4.90 Å². The smallest absolute Gasteiger partial charge is 0.229 e. The summed E-state index contributed by atoms with van der Waals surface area (Å²) in [6.45, 7) is 5.83. The van der Waals surface area contributed by atoms with Crippen molar-refractivity contribution in [2.75, 3.05) is 30.9 Å². The highest BCUT2D eigenvalue weighted by atomic mass is 32.2. The van der Waals surface area contributed by atoms with Crippen LogP contribution in [0.5, 0.6) is 0 Å². The molecule has 154 valence electrons. The quantitative estimate of drug-likeness (QED) is 0.642. The largest absolute Gasteiger partial charge is 0.386 e. The van der Waals surface area contributed by atoms with Crippen molar-refractivity contribution in [3.63, 3.8) is 0 Å². The van der Waals surface area contributed by atoms with Crippen molar-refractivity contribution in [3.05, 3.63) is 60.0 Å². The van der Waals surface area contributed by atoms with Crippen LogP contribution in [0.2, 0.25) is 0 Å². The van der Waals surface area contributed by atoms with Crippen LogP contribution >= 0.6 is 11.8 Å². The van der Waals surface area contributed by atoms with Gasteiger partial charge in [0.15, 0.2) is 0 Å². The molecule has 7 heteroatoms. The second-order valence-corrected chi connectivity index (χ2v) is 9.38. The van der Waals surface area contributed by atoms with Crippen molar-refractivity contribution in [2.24, 2.45) is 0 Å². The minimum atomic E-state index is -0.925. The molecule has 2 aliphatic heterocycles. The molecule has 5 rings (SSSR count). The number of aromatic nitrogens is 3. The number of anilines is 2. The van der Waals surface area contributed by atoms with Crippen molar-refractivity contribution < 1.29 is 9.84 Å². The fraction of sp³-hybridized carbons (Fsp3) is 0.348. The molecule has 0 atom stereocenters. The van der Waals surface area contributed by atoms with E-state index in [1.54, 1.807) is 44.2 Å². The minimum Gasteiger partial charge on any atom is -0.386 e. The monoisotopic (exact) mass is 420 g/mol. The first kappa shape index (κ1) is 19.5. The maximum atomic E-state index is 10.3. The van der Waals surface area contributed by atoms with Crippen LogP contribution in [0.15, 0.2) is 53.8 Å². The molecule has 0 radical (unpaired) electrons. The number of hydrogen-bond donors (Lipinski definition) is 1. The van der Waals surface area contributed by atoms with E-state index in [0.29, 0.717) is 5.95 Å². The van der Waals surface area contributed by atoms with Crippen LogP contribution in [0.3, 0.4) is 0 Å². The summed E-state index contributed by atoms with van der Waals surface area (Å²) < 4.78 is 5.57. The highest BCUT2D eigenvalue weighted by molar-refractivity contribution is 7.98. The van der Waals surface area contributed by atoms with Gasteiger partial charge in [-0.3, -0.25) is 4.98 Å². The van der Waals surface area contributed by atoms with Crippen molar-refractivity contribution in [1.29, 1.82) is 0 Å². The second kappa shape index (κ2) is 7.04. The van der Waals surface area contributed by atoms with Gasteiger partial charge in [0, 0.05) is 41.3 Å². The summed E-state index contributed by atoms with van der Waals surface area (Å²) in [7, 11) is 0. The van der Waals surface area contributed by atoms with Gasteiger partial charge >= 0.3 is 0 Å². The third kappa shape index (κ3) is 3.17. The Balaban J connectivity index is 1.49. The Kier molecular flexibility index (Phi) is 4.57. The number of pyridine rings is 1. The van der Waals surface area contributed by atoms with E-state index in [9.17, 15) is 5.11 Å². The predicted molar refractivity (Wildman–Crippen MR) is 118 cm³/mol. The molecule has 2 aromatic heterocycles. The number of rotatable bonds is 4. The van der Waals surface area contributed by atoms with E-state index < -0.39 is 5.60 Å². The summed E-state index contributed by atoms with van der Waals surface area (Å²) in [5, 5.41) is 10.3. The molecule has 1 saturated heterocycles. The Morgan fingerprint density at radius 3 is 2.50 bits per heavy atom. The first-order chi connectivity index (χ1) is 14.4. The van der Waals surface area contributed by atoms with E-state index in [1.807, 2.05) is 12.1 Å². The van der Waals surface area contributed by atoms with Gasteiger partial charge in [-0.1, -0.05) is 6.07 Å². The van der Waals surface area contributed by atoms with E-state index in [1.165, 1.54) is 16.1 Å². The highest BCUT2D eigenvalue weighted by Crippen LogP contribution is 2.48. The van der Waals surface area contributed by atoms with Crippen LogP contribution in [0.25, 0.3) is 11.3 Å². The predicted octanol–water partition coefficient (Wildman–Crippen LogP) is 3.91. The lowest BCUT2D eigenvalue weighted by Crippen LogP contribution is -2.49. The zero-order chi connectivity index (χ0) is 20.9. The average molecular weight is 421 g/mol. The summed E-state index contributed by atoms with van der Waals surface area (Å²) in [5.41, 5.74) is 3.98. The fourth-order valence-corrected chi connectivity index (χ4v) is 4.55. The molecule has 1 spiro atoms. The molecule has 4 heterocycles. The molecule has 1 fully saturated rings. The number of hydrogen-bond acceptors (Lipinski definition) is 7. The Bertz CT molecular complexity index is 1090. The van der Waals surface area contributed by atoms with Crippen molar-refractivity contribution in [2.45, 2.75) is 29.8 Å². The average Bonchev–Trinajstić information content (AvgIpc) is 3.08. The summed E-state index contributed by atoms with van der Waals surface area (Å²) in [6.07, 6.45) is 7.40. The van der Waals surface area contributed by atoms with Gasteiger partial charge in [0.05, 0.1) is 29.9 Å². The molecule has 0 bridgehead atoms. The lowest BCUT2D eigenvalue weighted by molar-refractivity contribution is -0.0507. The first-order valence-electron chi connectivity index (χ1n) is 9.95. The molecule has 0 aliphatic carbocycles. The van der Waals surface area contributed by atoms with Crippen LogP contribution in [-0.2, 0) is 15.8 Å². The zero-order valence-corrected chi connectivity index (χ0v) is 18.1. The topological polar surface area (TPSA) is 71.4 Å². The molecular formula is C23H24N4O2S. The van der Waals surface area contributed by atoms with E-state index in [0.717, 1.165) is 36.6 Å². The molecule has 0 amide bonds. The Morgan fingerprint density at radius 2 is 1.87 bits per heavy atom. The molecule has 1 N–H and O–H groups in total. The molecule has 0 unspecified atom stereocenters. The Morgan fingerprint density at radius 1 is 1.10 bits per heavy atom. The van der Waals surface area contributed by atoms with Gasteiger partial charge in [-0.15, -0.1) is 11.8 Å². The van der Waals surface area contributed by atoms with Gasteiger partial charge in [0.25, 0.3) is 0 Å². The van der Waals surface area contributed by atoms with Crippen LogP contribution in [0.4, 0.5) is 11.6 Å². The first-order valence-corrected chi connectivity index (χ1v) is 11.2. The Hall–Kier alpha value is -2.48. The van der Waals surface area contributed by atoms with Gasteiger partial charge in [0.1, 0.15) is 0 Å². The molecule has 1 aromatic carbocycles. The molecule has 30 heavy (non-hydrogen) atoms. The van der Waals surface area contributed by atoms with Gasteiger partial charge in [-0.2, -0.15) is 0 Å². The van der Waals surface area contributed by atoms with E-state index in [-0.39, 0.29) is 5.41 Å². The van der Waals surface area contributed by atoms with E-state index in [2.05, 4.69) is 44.3 Å². The maximum absolute atomic E-state index is 10.3. The maximum Gasteiger partial charge on any atom is 0.229 e. The van der Waals surface area contributed by atoms with Crippen molar-refractivity contribution >= 4 is 23.4 Å². The van der Waals surface area contributed by atoms with E-state index >= 15 is 0 Å². The van der Waals surface area contributed by atoms with Gasteiger partial charge < -0.3 is 14.7 Å². The SMILES string of the molecule is CSc1ccc2c(c1)N(c1ncc(-c3cc(C(C)(C)O)ccn3)cn1)CC21COC1. The summed E-state index contributed by atoms with van der Waals surface area (Å²) in [6, 6.07) is 10.3. The lowest BCUT2D eigenvalue weighted by atomic mass is 9.81. The number of thioether (sulfide) groups is 1. The Labute approximate surface area is 180 Å². The van der Waals surface area contributed by atoms with Crippen LogP contribution in [0.1, 0.15) is 25.0 Å². The molecule has 0 saturated carbocycles. The van der Waals surface area contributed by atoms with Crippen LogP contribution in [0, 0.1) is 0 Å². The summed E-state index contributed by atoms with van der Waals surface area (Å²) >= 11 is 1.73. The third-order valence-electron chi connectivity index (χ3n) is 5.93. The summed E-state index contributed by atoms with van der Waals surface area (Å²) in [4.78, 5) is 17.2. The van der Waals surface area contributed by atoms with Gasteiger partial charge in [0.2, 0.25) is 5.95 Å². The fourth-order valence-electron chi connectivity index (χ4n) is 4.12. The lowest BCUT2D eigenvalue weighted by Gasteiger charge is -2.38. The number of nitrogens with zero attached hydrogens (tertiary/aromatic N) is 4. The standard InChI is InChI=1S/C23H24N4O2S/c1-22(2,28)16-6-7-24-19(8-16)15-10-25-21(26-11-15)27-12-23(13-29-14-23)18-5-4-17(30-3)9-20(18)27/h4-11,28H,12-14H2,1-3H3. The van der Waals surface area contributed by atoms with Gasteiger partial charge in [-0.05, 0) is 55.5 Å². The van der Waals surface area contributed by atoms with Crippen LogP contribution in [-0.4, -0.2) is 46.1 Å². The third-order valence-corrected chi connectivity index (χ3v) is 6.65. The zero-order valence-electron chi connectivity index (χ0n) is 17.3. The normalized spacial score (nSPS) is 17.1. The van der Waals surface area contributed by atoms with Crippen molar-refractivity contribution in [3.8, 4) is 11.3 Å². The highest BCUT2D eigenvalue weighted by Gasteiger charge is 2.49. The number of ether oxygens (including phenoxy) is 1.